The van der Waals surface area contributed by atoms with Gasteiger partial charge in [-0.3, -0.25) is 19.8 Å². The van der Waals surface area contributed by atoms with Crippen LogP contribution < -0.4 is 11.1 Å². The van der Waals surface area contributed by atoms with Gasteiger partial charge in [-0.05, 0) is 12.8 Å². The Balaban J connectivity index is 2.39. The Bertz CT molecular complexity index is 369. The number of ether oxygens (including phenoxy) is 2. The average molecular weight is 301 g/mol. The van der Waals surface area contributed by atoms with Crippen molar-refractivity contribution < 1.29 is 23.9 Å². The normalized spacial score (nSPS) is 17.7. The van der Waals surface area contributed by atoms with Crippen LogP contribution in [-0.2, 0) is 19.1 Å². The molecule has 0 bridgehead atoms. The van der Waals surface area contributed by atoms with Crippen LogP contribution in [0, 0.1) is 0 Å². The van der Waals surface area contributed by atoms with Crippen molar-refractivity contribution in [3.05, 3.63) is 0 Å². The van der Waals surface area contributed by atoms with Gasteiger partial charge in [-0.25, -0.2) is 4.79 Å². The van der Waals surface area contributed by atoms with Gasteiger partial charge in [-0.1, -0.05) is 0 Å². The molecule has 0 radical (unpaired) electrons. The summed E-state index contributed by atoms with van der Waals surface area (Å²) in [6.07, 6.45) is 2.51. The first-order valence-corrected chi connectivity index (χ1v) is 7.01. The number of nitrogens with zero attached hydrogens (tertiary/aromatic N) is 1. The van der Waals surface area contributed by atoms with Gasteiger partial charge in [0.2, 0.25) is 5.91 Å². The van der Waals surface area contributed by atoms with Crippen LogP contribution in [0.5, 0.6) is 0 Å². The number of nitrogens with two attached hydrogens (primary N) is 1. The largest absolute Gasteiger partial charge is 0.469 e. The van der Waals surface area contributed by atoms with E-state index in [1.54, 1.807) is 0 Å². The van der Waals surface area contributed by atoms with E-state index in [2.05, 4.69) is 4.74 Å². The maximum Gasteiger partial charge on any atom is 0.318 e. The fraction of sp³-hybridized carbons (Fsp3) is 0.769. The molecular formula is C13H23N3O5. The molecule has 3 N–H and O–H groups in total. The average Bonchev–Trinajstić information content (AvgIpc) is 2.93. The monoisotopic (exact) mass is 301 g/mol. The van der Waals surface area contributed by atoms with E-state index in [-0.39, 0.29) is 24.9 Å². The van der Waals surface area contributed by atoms with Crippen LogP contribution in [0.15, 0.2) is 0 Å². The molecule has 1 rings (SSSR count). The highest BCUT2D eigenvalue weighted by Gasteiger charge is 2.20. The summed E-state index contributed by atoms with van der Waals surface area (Å²) in [4.78, 5) is 35.2. The molecule has 1 unspecified atom stereocenters. The summed E-state index contributed by atoms with van der Waals surface area (Å²) in [5, 5.41) is 2.02. The third kappa shape index (κ3) is 7.62. The molecule has 8 nitrogen and oxygen atoms in total. The van der Waals surface area contributed by atoms with E-state index < -0.39 is 11.9 Å². The predicted molar refractivity (Wildman–Crippen MR) is 74.4 cm³/mol. The number of carbonyl (C=O) groups is 3. The molecular weight excluding hydrogens is 278 g/mol. The summed E-state index contributed by atoms with van der Waals surface area (Å²) < 4.78 is 10.2. The Morgan fingerprint density at radius 2 is 2.05 bits per heavy atom. The van der Waals surface area contributed by atoms with Crippen LogP contribution in [0.1, 0.15) is 25.7 Å². The predicted octanol–water partition coefficient (Wildman–Crippen LogP) is -0.384. The molecule has 0 saturated carbocycles. The zero-order valence-electron chi connectivity index (χ0n) is 12.3. The lowest BCUT2D eigenvalue weighted by molar-refractivity contribution is -0.141. The van der Waals surface area contributed by atoms with Gasteiger partial charge < -0.3 is 15.2 Å². The van der Waals surface area contributed by atoms with Crippen molar-refractivity contribution in [2.75, 3.05) is 33.4 Å². The minimum Gasteiger partial charge on any atom is -0.469 e. The second-order valence-corrected chi connectivity index (χ2v) is 4.92. The third-order valence-corrected chi connectivity index (χ3v) is 3.26. The fourth-order valence-corrected chi connectivity index (χ4v) is 2.18. The number of primary amides is 1. The summed E-state index contributed by atoms with van der Waals surface area (Å²) >= 11 is 0. The Morgan fingerprint density at radius 1 is 1.33 bits per heavy atom. The first-order valence-electron chi connectivity index (χ1n) is 7.01. The lowest BCUT2D eigenvalue weighted by atomic mass is 10.2. The lowest BCUT2D eigenvalue weighted by Crippen LogP contribution is -2.39. The van der Waals surface area contributed by atoms with E-state index in [9.17, 15) is 14.4 Å². The minimum atomic E-state index is -0.861. The number of urea groups is 1. The van der Waals surface area contributed by atoms with Gasteiger partial charge in [0.15, 0.2) is 0 Å². The van der Waals surface area contributed by atoms with Crippen LogP contribution in [-0.4, -0.2) is 62.3 Å². The zero-order chi connectivity index (χ0) is 15.7. The highest BCUT2D eigenvalue weighted by atomic mass is 16.5. The number of hydrogen-bond donors (Lipinski definition) is 2. The maximum absolute atomic E-state index is 11.4. The summed E-state index contributed by atoms with van der Waals surface area (Å²) in [5.74, 6) is -0.730. The van der Waals surface area contributed by atoms with Crippen LogP contribution in [0.2, 0.25) is 0 Å². The van der Waals surface area contributed by atoms with Gasteiger partial charge in [-0.15, -0.1) is 0 Å². The molecule has 1 aliphatic heterocycles. The fourth-order valence-electron chi connectivity index (χ4n) is 2.18. The Hall–Kier alpha value is -1.67. The number of nitrogens with one attached hydrogen (secondary N) is 1. The van der Waals surface area contributed by atoms with Crippen molar-refractivity contribution >= 4 is 17.9 Å². The second kappa shape index (κ2) is 9.30. The molecule has 120 valence electrons. The molecule has 0 aromatic carbocycles. The molecule has 0 aliphatic carbocycles. The molecule has 0 aromatic rings. The summed E-state index contributed by atoms with van der Waals surface area (Å²) in [6.45, 7) is 2.31. The van der Waals surface area contributed by atoms with E-state index in [4.69, 9.17) is 10.5 Å². The highest BCUT2D eigenvalue weighted by molar-refractivity contribution is 5.93. The molecule has 21 heavy (non-hydrogen) atoms. The Labute approximate surface area is 123 Å². The van der Waals surface area contributed by atoms with Gasteiger partial charge in [0.25, 0.3) is 0 Å². The summed E-state index contributed by atoms with van der Waals surface area (Å²) in [7, 11) is 1.34. The molecule has 1 heterocycles. The number of hydrogen-bond acceptors (Lipinski definition) is 6. The lowest BCUT2D eigenvalue weighted by Gasteiger charge is -2.24. The number of carbonyl (C=O) groups excluding carboxylic acids is 3. The van der Waals surface area contributed by atoms with Crippen molar-refractivity contribution in [1.82, 2.24) is 10.2 Å². The molecule has 1 fully saturated rings. The molecule has 1 atom stereocenters. The van der Waals surface area contributed by atoms with E-state index in [0.29, 0.717) is 19.6 Å². The van der Waals surface area contributed by atoms with Crippen LogP contribution in [0.4, 0.5) is 4.79 Å². The summed E-state index contributed by atoms with van der Waals surface area (Å²) in [6, 6.07) is -0.861. The second-order valence-electron chi connectivity index (χ2n) is 4.92. The molecule has 0 aromatic heterocycles. The quantitative estimate of drug-likeness (QED) is 0.591. The highest BCUT2D eigenvalue weighted by Crippen LogP contribution is 2.13. The van der Waals surface area contributed by atoms with Crippen molar-refractivity contribution in [2.45, 2.75) is 31.8 Å². The van der Waals surface area contributed by atoms with Crippen molar-refractivity contribution in [3.63, 3.8) is 0 Å². The standard InChI is InChI=1S/C13H23N3O5/c1-20-12(18)5-7-16(9-10-3-2-8-21-10)6-4-11(17)15-13(14)19/h10H,2-9H2,1H3,(H3,14,15,17,19). The van der Waals surface area contributed by atoms with Gasteiger partial charge in [-0.2, -0.15) is 0 Å². The van der Waals surface area contributed by atoms with Gasteiger partial charge in [0.1, 0.15) is 0 Å². The van der Waals surface area contributed by atoms with Crippen molar-refractivity contribution in [3.8, 4) is 0 Å². The van der Waals surface area contributed by atoms with E-state index in [0.717, 1.165) is 19.4 Å². The van der Waals surface area contributed by atoms with Gasteiger partial charge >= 0.3 is 12.0 Å². The molecule has 8 heteroatoms. The van der Waals surface area contributed by atoms with Crippen molar-refractivity contribution in [2.24, 2.45) is 5.73 Å². The van der Waals surface area contributed by atoms with Gasteiger partial charge in [0.05, 0.1) is 19.6 Å². The first-order chi connectivity index (χ1) is 10.0. The van der Waals surface area contributed by atoms with Crippen LogP contribution in [0.3, 0.4) is 0 Å². The molecule has 1 aliphatic rings. The maximum atomic E-state index is 11.4. The number of esters is 1. The minimum absolute atomic E-state index is 0.127. The number of methoxy groups -OCH3 is 1. The van der Waals surface area contributed by atoms with E-state index >= 15 is 0 Å². The van der Waals surface area contributed by atoms with Crippen LogP contribution in [0.25, 0.3) is 0 Å². The topological polar surface area (TPSA) is 111 Å². The van der Waals surface area contributed by atoms with Crippen LogP contribution >= 0.6 is 0 Å². The third-order valence-electron chi connectivity index (χ3n) is 3.26. The van der Waals surface area contributed by atoms with E-state index in [1.165, 1.54) is 7.11 Å². The number of rotatable bonds is 8. The number of imide groups is 1. The van der Waals surface area contributed by atoms with Gasteiger partial charge in [0, 0.05) is 32.7 Å². The SMILES string of the molecule is COC(=O)CCN(CCC(=O)NC(N)=O)CC1CCCO1. The zero-order valence-corrected chi connectivity index (χ0v) is 12.3. The Kier molecular flexibility index (Phi) is 7.70. The van der Waals surface area contributed by atoms with E-state index in [1.807, 2.05) is 10.2 Å². The number of amides is 3. The smallest absolute Gasteiger partial charge is 0.318 e. The van der Waals surface area contributed by atoms with Crippen molar-refractivity contribution in [1.29, 1.82) is 0 Å². The molecule has 0 spiro atoms. The molecule has 1 saturated heterocycles. The molecule has 3 amide bonds. The summed E-state index contributed by atoms with van der Waals surface area (Å²) in [5.41, 5.74) is 4.88. The first kappa shape index (κ1) is 17.4. The Morgan fingerprint density at radius 3 is 2.62 bits per heavy atom.